The number of benzene rings is 1. The maximum absolute atomic E-state index is 12.0. The van der Waals surface area contributed by atoms with Crippen LogP contribution in [0.1, 0.15) is 27.0 Å². The minimum Gasteiger partial charge on any atom is -0.462 e. The van der Waals surface area contributed by atoms with Gasteiger partial charge in [0.2, 0.25) is 0 Å². The summed E-state index contributed by atoms with van der Waals surface area (Å²) in [5, 5.41) is 4.61. The molecule has 0 saturated heterocycles. The van der Waals surface area contributed by atoms with Gasteiger partial charge >= 0.3 is 5.97 Å². The highest BCUT2D eigenvalue weighted by atomic mass is 79.9. The molecule has 0 unspecified atom stereocenters. The highest BCUT2D eigenvalue weighted by Gasteiger charge is 2.12. The largest absolute Gasteiger partial charge is 0.462 e. The number of hydrogen-bond donors (Lipinski definition) is 1. The van der Waals surface area contributed by atoms with E-state index < -0.39 is 0 Å². The van der Waals surface area contributed by atoms with Gasteiger partial charge in [0.15, 0.2) is 0 Å². The van der Waals surface area contributed by atoms with Crippen LogP contribution >= 0.6 is 27.3 Å². The van der Waals surface area contributed by atoms with Gasteiger partial charge < -0.3 is 10.1 Å². The van der Waals surface area contributed by atoms with Gasteiger partial charge in [0, 0.05) is 10.2 Å². The van der Waals surface area contributed by atoms with Crippen molar-refractivity contribution in [2.45, 2.75) is 6.92 Å². The molecule has 1 heterocycles. The van der Waals surface area contributed by atoms with Crippen LogP contribution in [0.4, 0.5) is 5.69 Å². The van der Waals surface area contributed by atoms with E-state index in [-0.39, 0.29) is 11.9 Å². The lowest BCUT2D eigenvalue weighted by atomic mass is 10.2. The molecule has 1 N–H and O–H groups in total. The minimum absolute atomic E-state index is 0.184. The molecule has 0 fully saturated rings. The third-order valence-corrected chi connectivity index (χ3v) is 4.31. The Labute approximate surface area is 128 Å². The van der Waals surface area contributed by atoms with Crippen LogP contribution in [0, 0.1) is 0 Å². The average molecular weight is 354 g/mol. The van der Waals surface area contributed by atoms with E-state index in [0.717, 1.165) is 4.47 Å². The Balaban J connectivity index is 2.06. The molecule has 0 saturated carbocycles. The SMILES string of the molecule is CCOC(=O)c1ccc(NC(=O)c2sccc2Br)cc1. The van der Waals surface area contributed by atoms with Crippen LogP contribution in [0.5, 0.6) is 0 Å². The third-order valence-electron chi connectivity index (χ3n) is 2.48. The Kier molecular flexibility index (Phi) is 4.92. The van der Waals surface area contributed by atoms with Crippen molar-refractivity contribution >= 4 is 44.8 Å². The number of amides is 1. The van der Waals surface area contributed by atoms with E-state index in [1.165, 1.54) is 11.3 Å². The summed E-state index contributed by atoms with van der Waals surface area (Å²) in [5.74, 6) is -0.554. The highest BCUT2D eigenvalue weighted by molar-refractivity contribution is 9.10. The number of ether oxygens (including phenoxy) is 1. The van der Waals surface area contributed by atoms with E-state index in [0.29, 0.717) is 22.7 Å². The van der Waals surface area contributed by atoms with Gasteiger partial charge in [-0.15, -0.1) is 11.3 Å². The molecule has 1 aromatic heterocycles. The van der Waals surface area contributed by atoms with Gasteiger partial charge in [0.1, 0.15) is 4.88 Å². The first kappa shape index (κ1) is 14.7. The molecule has 0 aliphatic carbocycles. The summed E-state index contributed by atoms with van der Waals surface area (Å²) in [5.41, 5.74) is 1.09. The smallest absolute Gasteiger partial charge is 0.338 e. The second kappa shape index (κ2) is 6.67. The average Bonchev–Trinajstić information content (AvgIpc) is 2.86. The highest BCUT2D eigenvalue weighted by Crippen LogP contribution is 2.23. The minimum atomic E-state index is -0.369. The second-order valence-electron chi connectivity index (χ2n) is 3.85. The van der Waals surface area contributed by atoms with Crippen LogP contribution < -0.4 is 5.32 Å². The van der Waals surface area contributed by atoms with Crippen LogP contribution in [0.3, 0.4) is 0 Å². The first-order valence-corrected chi connectivity index (χ1v) is 7.60. The van der Waals surface area contributed by atoms with Crippen molar-refractivity contribution in [2.75, 3.05) is 11.9 Å². The number of nitrogens with one attached hydrogen (secondary N) is 1. The van der Waals surface area contributed by atoms with Gasteiger partial charge in [-0.2, -0.15) is 0 Å². The lowest BCUT2D eigenvalue weighted by Gasteiger charge is -2.06. The lowest BCUT2D eigenvalue weighted by molar-refractivity contribution is 0.0526. The summed E-state index contributed by atoms with van der Waals surface area (Å²) in [6.45, 7) is 2.09. The third kappa shape index (κ3) is 3.46. The van der Waals surface area contributed by atoms with Crippen molar-refractivity contribution in [2.24, 2.45) is 0 Å². The fraction of sp³-hybridized carbons (Fsp3) is 0.143. The van der Waals surface area contributed by atoms with Crippen LogP contribution in [-0.4, -0.2) is 18.5 Å². The molecule has 0 spiro atoms. The van der Waals surface area contributed by atoms with E-state index in [9.17, 15) is 9.59 Å². The molecule has 2 aromatic rings. The number of carbonyl (C=O) groups is 2. The number of hydrogen-bond acceptors (Lipinski definition) is 4. The van der Waals surface area contributed by atoms with E-state index >= 15 is 0 Å². The molecule has 6 heteroatoms. The van der Waals surface area contributed by atoms with Crippen LogP contribution in [0.2, 0.25) is 0 Å². The maximum Gasteiger partial charge on any atom is 0.338 e. The molecule has 20 heavy (non-hydrogen) atoms. The fourth-order valence-electron chi connectivity index (χ4n) is 1.55. The quantitative estimate of drug-likeness (QED) is 0.847. The molecule has 0 aliphatic rings. The molecule has 2 rings (SSSR count). The lowest BCUT2D eigenvalue weighted by Crippen LogP contribution is -2.11. The zero-order valence-corrected chi connectivity index (χ0v) is 13.1. The summed E-state index contributed by atoms with van der Waals surface area (Å²) >= 11 is 4.68. The Morgan fingerprint density at radius 1 is 1.25 bits per heavy atom. The predicted octanol–water partition coefficient (Wildman–Crippen LogP) is 3.94. The van der Waals surface area contributed by atoms with Crippen molar-refractivity contribution in [1.29, 1.82) is 0 Å². The molecular formula is C14H12BrNO3S. The van der Waals surface area contributed by atoms with Crippen molar-refractivity contribution in [1.82, 2.24) is 0 Å². The normalized spacial score (nSPS) is 10.1. The standard InChI is InChI=1S/C14H12BrNO3S/c1-2-19-14(18)9-3-5-10(6-4-9)16-13(17)12-11(15)7-8-20-12/h3-8H,2H2,1H3,(H,16,17). The molecule has 0 atom stereocenters. The molecule has 1 aromatic carbocycles. The van der Waals surface area contributed by atoms with E-state index in [2.05, 4.69) is 21.2 Å². The first-order chi connectivity index (χ1) is 9.61. The van der Waals surface area contributed by atoms with Crippen molar-refractivity contribution in [3.8, 4) is 0 Å². The van der Waals surface area contributed by atoms with Gasteiger partial charge in [0.25, 0.3) is 5.91 Å². The van der Waals surface area contributed by atoms with Gasteiger partial charge in [0.05, 0.1) is 12.2 Å². The van der Waals surface area contributed by atoms with Crippen LogP contribution in [0.15, 0.2) is 40.2 Å². The number of anilines is 1. The molecule has 104 valence electrons. The van der Waals surface area contributed by atoms with E-state index in [1.807, 2.05) is 11.4 Å². The van der Waals surface area contributed by atoms with Crippen molar-refractivity contribution in [3.05, 3.63) is 50.6 Å². The summed E-state index contributed by atoms with van der Waals surface area (Å²) < 4.78 is 5.66. The fourth-order valence-corrected chi connectivity index (χ4v) is 2.99. The van der Waals surface area contributed by atoms with Crippen LogP contribution in [-0.2, 0) is 4.74 Å². The Morgan fingerprint density at radius 3 is 2.50 bits per heavy atom. The molecule has 4 nitrogen and oxygen atoms in total. The monoisotopic (exact) mass is 353 g/mol. The Bertz CT molecular complexity index is 622. The zero-order chi connectivity index (χ0) is 14.5. The Hall–Kier alpha value is -1.66. The number of carbonyl (C=O) groups excluding carboxylic acids is 2. The van der Waals surface area contributed by atoms with E-state index in [1.54, 1.807) is 31.2 Å². The number of thiophene rings is 1. The van der Waals surface area contributed by atoms with Crippen LogP contribution in [0.25, 0.3) is 0 Å². The number of rotatable bonds is 4. The summed E-state index contributed by atoms with van der Waals surface area (Å²) in [4.78, 5) is 24.1. The van der Waals surface area contributed by atoms with Gasteiger partial charge in [-0.3, -0.25) is 4.79 Å². The summed E-state index contributed by atoms with van der Waals surface area (Å²) in [6.07, 6.45) is 0. The molecule has 0 aliphatic heterocycles. The number of halogens is 1. The van der Waals surface area contributed by atoms with Gasteiger partial charge in [-0.05, 0) is 58.6 Å². The topological polar surface area (TPSA) is 55.4 Å². The van der Waals surface area contributed by atoms with E-state index in [4.69, 9.17) is 4.74 Å². The van der Waals surface area contributed by atoms with Gasteiger partial charge in [-0.1, -0.05) is 0 Å². The van der Waals surface area contributed by atoms with Crippen molar-refractivity contribution < 1.29 is 14.3 Å². The molecule has 0 bridgehead atoms. The zero-order valence-electron chi connectivity index (χ0n) is 10.7. The maximum atomic E-state index is 12.0. The number of esters is 1. The molecule has 1 amide bonds. The summed E-state index contributed by atoms with van der Waals surface area (Å²) in [6, 6.07) is 8.41. The first-order valence-electron chi connectivity index (χ1n) is 5.93. The second-order valence-corrected chi connectivity index (χ2v) is 5.62. The van der Waals surface area contributed by atoms with Gasteiger partial charge in [-0.25, -0.2) is 4.79 Å². The predicted molar refractivity (Wildman–Crippen MR) is 82.4 cm³/mol. The Morgan fingerprint density at radius 2 is 1.95 bits per heavy atom. The summed E-state index contributed by atoms with van der Waals surface area (Å²) in [7, 11) is 0. The van der Waals surface area contributed by atoms with Crippen molar-refractivity contribution in [3.63, 3.8) is 0 Å². The molecule has 0 radical (unpaired) electrons. The molecular weight excluding hydrogens is 342 g/mol.